The first kappa shape index (κ1) is 22.6. The van der Waals surface area contributed by atoms with Crippen LogP contribution in [-0.2, 0) is 16.0 Å². The number of H-pyrrole nitrogens is 1. The van der Waals surface area contributed by atoms with Crippen molar-refractivity contribution in [3.63, 3.8) is 0 Å². The van der Waals surface area contributed by atoms with E-state index in [-0.39, 0.29) is 36.5 Å². The standard InChI is InChI=1S/C17H23FN4O2.2ClH/c1-24-11-17(5-8-19-9-6-17)16(23)20-7-4-15-21-13-3-2-12(18)10-14(13)22-15;;/h2-3,10,19H,4-9,11H2,1H3,(H,20,23)(H,21,22);2*1H. The molecule has 6 nitrogen and oxygen atoms in total. The molecule has 2 heterocycles. The van der Waals surface area contributed by atoms with Crippen LogP contribution in [0.4, 0.5) is 4.39 Å². The first-order valence-electron chi connectivity index (χ1n) is 8.25. The second kappa shape index (κ2) is 10.1. The van der Waals surface area contributed by atoms with E-state index in [1.54, 1.807) is 13.2 Å². The van der Waals surface area contributed by atoms with Crippen molar-refractivity contribution >= 4 is 41.8 Å². The molecule has 0 spiro atoms. The Morgan fingerprint density at radius 1 is 1.35 bits per heavy atom. The molecule has 3 rings (SSSR count). The smallest absolute Gasteiger partial charge is 0.228 e. The van der Waals surface area contributed by atoms with Gasteiger partial charge in [0.1, 0.15) is 11.6 Å². The van der Waals surface area contributed by atoms with Gasteiger partial charge in [0.25, 0.3) is 0 Å². The molecule has 146 valence electrons. The average molecular weight is 407 g/mol. The normalized spacial score (nSPS) is 15.8. The number of halogens is 3. The Balaban J connectivity index is 0.00000169. The highest BCUT2D eigenvalue weighted by Crippen LogP contribution is 2.29. The van der Waals surface area contributed by atoms with Crippen molar-refractivity contribution in [3.05, 3.63) is 29.8 Å². The Morgan fingerprint density at radius 2 is 2.08 bits per heavy atom. The lowest BCUT2D eigenvalue weighted by molar-refractivity contribution is -0.136. The minimum atomic E-state index is -0.447. The minimum Gasteiger partial charge on any atom is -0.384 e. The van der Waals surface area contributed by atoms with E-state index in [0.717, 1.165) is 37.3 Å². The predicted octanol–water partition coefficient (Wildman–Crippen LogP) is 2.22. The highest BCUT2D eigenvalue weighted by atomic mass is 35.5. The van der Waals surface area contributed by atoms with Gasteiger partial charge in [-0.25, -0.2) is 9.37 Å². The molecule has 1 aliphatic rings. The molecule has 3 N–H and O–H groups in total. The molecule has 1 aromatic heterocycles. The zero-order valence-corrected chi connectivity index (χ0v) is 16.3. The summed E-state index contributed by atoms with van der Waals surface area (Å²) >= 11 is 0. The van der Waals surface area contributed by atoms with Crippen LogP contribution in [0.5, 0.6) is 0 Å². The van der Waals surface area contributed by atoms with Gasteiger partial charge in [-0.3, -0.25) is 4.79 Å². The molecule has 1 aromatic carbocycles. The molecular formula is C17H25Cl2FN4O2. The maximum absolute atomic E-state index is 13.2. The van der Waals surface area contributed by atoms with Crippen LogP contribution in [0.3, 0.4) is 0 Å². The van der Waals surface area contributed by atoms with E-state index in [1.807, 2.05) is 0 Å². The number of aromatic nitrogens is 2. The maximum atomic E-state index is 13.2. The molecule has 0 saturated carbocycles. The lowest BCUT2D eigenvalue weighted by Gasteiger charge is -2.35. The second-order valence-corrected chi connectivity index (χ2v) is 6.31. The van der Waals surface area contributed by atoms with Gasteiger partial charge in [-0.15, -0.1) is 24.8 Å². The Bertz CT molecular complexity index is 714. The van der Waals surface area contributed by atoms with Gasteiger partial charge in [0.15, 0.2) is 0 Å². The van der Waals surface area contributed by atoms with E-state index in [1.165, 1.54) is 12.1 Å². The molecule has 9 heteroatoms. The summed E-state index contributed by atoms with van der Waals surface area (Å²) in [7, 11) is 1.63. The van der Waals surface area contributed by atoms with Gasteiger partial charge in [-0.2, -0.15) is 0 Å². The molecular weight excluding hydrogens is 382 g/mol. The Morgan fingerprint density at radius 3 is 2.77 bits per heavy atom. The summed E-state index contributed by atoms with van der Waals surface area (Å²) in [6.45, 7) is 2.57. The van der Waals surface area contributed by atoms with Crippen LogP contribution in [0.2, 0.25) is 0 Å². The van der Waals surface area contributed by atoms with Crippen LogP contribution < -0.4 is 10.6 Å². The maximum Gasteiger partial charge on any atom is 0.228 e. The number of rotatable bonds is 6. The fourth-order valence-corrected chi connectivity index (χ4v) is 3.25. The number of nitrogens with one attached hydrogen (secondary N) is 3. The number of carbonyl (C=O) groups excluding carboxylic acids is 1. The van der Waals surface area contributed by atoms with Crippen molar-refractivity contribution in [3.8, 4) is 0 Å². The lowest BCUT2D eigenvalue weighted by Crippen LogP contribution is -2.50. The van der Waals surface area contributed by atoms with Gasteiger partial charge in [0.05, 0.1) is 23.1 Å². The summed E-state index contributed by atoms with van der Waals surface area (Å²) < 4.78 is 18.5. The van der Waals surface area contributed by atoms with E-state index < -0.39 is 5.41 Å². The fourth-order valence-electron chi connectivity index (χ4n) is 3.25. The van der Waals surface area contributed by atoms with E-state index in [0.29, 0.717) is 25.1 Å². The molecule has 0 radical (unpaired) electrons. The highest BCUT2D eigenvalue weighted by Gasteiger charge is 2.39. The number of hydrogen-bond donors (Lipinski definition) is 3. The Kier molecular flexibility index (Phi) is 8.76. The van der Waals surface area contributed by atoms with E-state index in [9.17, 15) is 9.18 Å². The van der Waals surface area contributed by atoms with Crippen LogP contribution >= 0.6 is 24.8 Å². The van der Waals surface area contributed by atoms with Crippen LogP contribution in [0, 0.1) is 11.2 Å². The number of aromatic amines is 1. The summed E-state index contributed by atoms with van der Waals surface area (Å²) in [4.78, 5) is 20.1. The van der Waals surface area contributed by atoms with Crippen molar-refractivity contribution < 1.29 is 13.9 Å². The molecule has 1 fully saturated rings. The fraction of sp³-hybridized carbons (Fsp3) is 0.529. The van der Waals surface area contributed by atoms with Gasteiger partial charge in [-0.05, 0) is 44.1 Å². The largest absolute Gasteiger partial charge is 0.384 e. The molecule has 26 heavy (non-hydrogen) atoms. The number of amides is 1. The zero-order chi connectivity index (χ0) is 17.0. The number of benzene rings is 1. The van der Waals surface area contributed by atoms with Gasteiger partial charge < -0.3 is 20.4 Å². The van der Waals surface area contributed by atoms with Crippen molar-refractivity contribution in [2.75, 3.05) is 33.4 Å². The number of hydrogen-bond acceptors (Lipinski definition) is 4. The van der Waals surface area contributed by atoms with E-state index >= 15 is 0 Å². The number of nitrogens with zero attached hydrogens (tertiary/aromatic N) is 1. The van der Waals surface area contributed by atoms with Crippen LogP contribution in [0.25, 0.3) is 11.0 Å². The average Bonchev–Trinajstić information content (AvgIpc) is 2.97. The third-order valence-electron chi connectivity index (χ3n) is 4.60. The van der Waals surface area contributed by atoms with Crippen molar-refractivity contribution in [1.82, 2.24) is 20.6 Å². The topological polar surface area (TPSA) is 79.0 Å². The van der Waals surface area contributed by atoms with Crippen LogP contribution in [-0.4, -0.2) is 49.2 Å². The quantitative estimate of drug-likeness (QED) is 0.686. The third kappa shape index (κ3) is 5.07. The van der Waals surface area contributed by atoms with Gasteiger partial charge >= 0.3 is 0 Å². The Labute approximate surface area is 164 Å². The molecule has 0 atom stereocenters. The summed E-state index contributed by atoms with van der Waals surface area (Å²) in [5, 5.41) is 6.27. The van der Waals surface area contributed by atoms with Crippen molar-refractivity contribution in [2.24, 2.45) is 5.41 Å². The van der Waals surface area contributed by atoms with Gasteiger partial charge in [0, 0.05) is 20.1 Å². The van der Waals surface area contributed by atoms with E-state index in [4.69, 9.17) is 4.74 Å². The lowest BCUT2D eigenvalue weighted by atomic mass is 9.78. The summed E-state index contributed by atoms with van der Waals surface area (Å²) in [5.41, 5.74) is 0.953. The molecule has 0 unspecified atom stereocenters. The molecule has 0 aliphatic carbocycles. The van der Waals surface area contributed by atoms with Gasteiger partial charge in [0.2, 0.25) is 5.91 Å². The number of fused-ring (bicyclic) bond motifs is 1. The Hall–Kier alpha value is -1.41. The molecule has 1 saturated heterocycles. The molecule has 1 amide bonds. The van der Waals surface area contributed by atoms with Crippen molar-refractivity contribution in [2.45, 2.75) is 19.3 Å². The monoisotopic (exact) mass is 406 g/mol. The molecule has 0 bridgehead atoms. The number of carbonyl (C=O) groups is 1. The number of ether oxygens (including phenoxy) is 1. The van der Waals surface area contributed by atoms with E-state index in [2.05, 4.69) is 20.6 Å². The molecule has 1 aliphatic heterocycles. The van der Waals surface area contributed by atoms with Crippen LogP contribution in [0.1, 0.15) is 18.7 Å². The summed E-state index contributed by atoms with van der Waals surface area (Å²) in [6.07, 6.45) is 2.12. The van der Waals surface area contributed by atoms with Crippen molar-refractivity contribution in [1.29, 1.82) is 0 Å². The first-order valence-corrected chi connectivity index (χ1v) is 8.25. The SMILES string of the molecule is COCC1(C(=O)NCCc2nc3ccc(F)cc3[nH]2)CCNCC1.Cl.Cl. The third-order valence-corrected chi connectivity index (χ3v) is 4.60. The molecule has 2 aromatic rings. The predicted molar refractivity (Wildman–Crippen MR) is 104 cm³/mol. The summed E-state index contributed by atoms with van der Waals surface area (Å²) in [6, 6.07) is 4.46. The first-order chi connectivity index (χ1) is 11.6. The number of methoxy groups -OCH3 is 1. The zero-order valence-electron chi connectivity index (χ0n) is 14.6. The minimum absolute atomic E-state index is 0. The number of imidazole rings is 1. The highest BCUT2D eigenvalue weighted by molar-refractivity contribution is 5.85. The van der Waals surface area contributed by atoms with Gasteiger partial charge in [-0.1, -0.05) is 0 Å². The second-order valence-electron chi connectivity index (χ2n) is 6.31. The number of piperidine rings is 1. The summed E-state index contributed by atoms with van der Waals surface area (Å²) in [5.74, 6) is 0.480. The van der Waals surface area contributed by atoms with Crippen LogP contribution in [0.15, 0.2) is 18.2 Å².